The fourth-order valence-electron chi connectivity index (χ4n) is 1.06. The molecule has 0 aromatic heterocycles. The molecule has 0 radical (unpaired) electrons. The normalized spacial score (nSPS) is 12.8. The first kappa shape index (κ1) is 11.9. The Labute approximate surface area is 80.3 Å². The SMILES string of the molecule is C=C(/C=C\C)CC(C)C(=O)OCC. The Hall–Kier alpha value is -1.05. The van der Waals surface area contributed by atoms with Crippen molar-refractivity contribution in [2.75, 3.05) is 6.61 Å². The van der Waals surface area contributed by atoms with Crippen LogP contribution in [0.3, 0.4) is 0 Å². The van der Waals surface area contributed by atoms with E-state index in [1.54, 1.807) is 0 Å². The number of hydrogen-bond acceptors (Lipinski definition) is 2. The van der Waals surface area contributed by atoms with Crippen LogP contribution in [0.15, 0.2) is 24.3 Å². The predicted molar refractivity (Wildman–Crippen MR) is 54.4 cm³/mol. The van der Waals surface area contributed by atoms with Crippen molar-refractivity contribution in [3.05, 3.63) is 24.3 Å². The molecule has 2 heteroatoms. The van der Waals surface area contributed by atoms with Crippen LogP contribution in [0, 0.1) is 5.92 Å². The largest absolute Gasteiger partial charge is 0.466 e. The summed E-state index contributed by atoms with van der Waals surface area (Å²) in [5, 5.41) is 0. The molecular weight excluding hydrogens is 164 g/mol. The van der Waals surface area contributed by atoms with Crippen molar-refractivity contribution in [3.8, 4) is 0 Å². The third kappa shape index (κ3) is 5.23. The molecule has 0 N–H and O–H groups in total. The lowest BCUT2D eigenvalue weighted by Gasteiger charge is -2.09. The number of ether oxygens (including phenoxy) is 1. The average Bonchev–Trinajstić information content (AvgIpc) is 2.05. The van der Waals surface area contributed by atoms with E-state index in [2.05, 4.69) is 6.58 Å². The Balaban J connectivity index is 3.92. The van der Waals surface area contributed by atoms with Crippen molar-refractivity contribution >= 4 is 5.97 Å². The highest BCUT2D eigenvalue weighted by molar-refractivity contribution is 5.72. The maximum atomic E-state index is 11.2. The van der Waals surface area contributed by atoms with Gasteiger partial charge in [-0.15, -0.1) is 0 Å². The molecule has 0 saturated heterocycles. The number of rotatable bonds is 5. The Morgan fingerprint density at radius 3 is 2.69 bits per heavy atom. The number of hydrogen-bond donors (Lipinski definition) is 0. The van der Waals surface area contributed by atoms with Gasteiger partial charge in [0, 0.05) is 0 Å². The zero-order valence-electron chi connectivity index (χ0n) is 8.67. The van der Waals surface area contributed by atoms with E-state index >= 15 is 0 Å². The molecule has 0 aliphatic heterocycles. The van der Waals surface area contributed by atoms with E-state index in [1.807, 2.05) is 32.9 Å². The van der Waals surface area contributed by atoms with Gasteiger partial charge >= 0.3 is 5.97 Å². The smallest absolute Gasteiger partial charge is 0.308 e. The minimum Gasteiger partial charge on any atom is -0.466 e. The zero-order valence-corrected chi connectivity index (χ0v) is 8.67. The van der Waals surface area contributed by atoms with Crippen molar-refractivity contribution < 1.29 is 9.53 Å². The van der Waals surface area contributed by atoms with Gasteiger partial charge in [-0.05, 0) is 20.3 Å². The van der Waals surface area contributed by atoms with Crippen molar-refractivity contribution in [3.63, 3.8) is 0 Å². The Morgan fingerprint density at radius 1 is 1.62 bits per heavy atom. The van der Waals surface area contributed by atoms with Crippen molar-refractivity contribution in [2.45, 2.75) is 27.2 Å². The molecule has 0 bridgehead atoms. The molecule has 13 heavy (non-hydrogen) atoms. The quantitative estimate of drug-likeness (QED) is 0.482. The number of esters is 1. The van der Waals surface area contributed by atoms with Crippen LogP contribution >= 0.6 is 0 Å². The van der Waals surface area contributed by atoms with Gasteiger partial charge in [-0.1, -0.05) is 31.2 Å². The highest BCUT2D eigenvalue weighted by Crippen LogP contribution is 2.12. The molecule has 0 aromatic rings. The molecule has 0 spiro atoms. The first-order valence-corrected chi connectivity index (χ1v) is 4.58. The van der Waals surface area contributed by atoms with E-state index in [-0.39, 0.29) is 11.9 Å². The van der Waals surface area contributed by atoms with Crippen molar-refractivity contribution in [1.29, 1.82) is 0 Å². The van der Waals surface area contributed by atoms with Crippen LogP contribution in [-0.2, 0) is 9.53 Å². The van der Waals surface area contributed by atoms with E-state index < -0.39 is 0 Å². The molecule has 0 heterocycles. The summed E-state index contributed by atoms with van der Waals surface area (Å²) >= 11 is 0. The molecular formula is C11H18O2. The van der Waals surface area contributed by atoms with E-state index in [9.17, 15) is 4.79 Å². The summed E-state index contributed by atoms with van der Waals surface area (Å²) in [6, 6.07) is 0. The summed E-state index contributed by atoms with van der Waals surface area (Å²) in [5.41, 5.74) is 0.961. The summed E-state index contributed by atoms with van der Waals surface area (Å²) in [6.07, 6.45) is 4.50. The fraction of sp³-hybridized carbons (Fsp3) is 0.545. The standard InChI is InChI=1S/C11H18O2/c1-5-7-9(3)8-10(4)11(12)13-6-2/h5,7,10H,3,6,8H2,1-2,4H3/b7-5-. The van der Waals surface area contributed by atoms with Gasteiger partial charge in [-0.3, -0.25) is 4.79 Å². The Bertz CT molecular complexity index is 204. The van der Waals surface area contributed by atoms with Crippen LogP contribution < -0.4 is 0 Å². The maximum absolute atomic E-state index is 11.2. The van der Waals surface area contributed by atoms with Gasteiger partial charge in [0.05, 0.1) is 12.5 Å². The second kappa shape index (κ2) is 6.46. The maximum Gasteiger partial charge on any atom is 0.308 e. The van der Waals surface area contributed by atoms with E-state index in [4.69, 9.17) is 4.74 Å². The summed E-state index contributed by atoms with van der Waals surface area (Å²) in [6.45, 7) is 9.87. The molecule has 74 valence electrons. The highest BCUT2D eigenvalue weighted by atomic mass is 16.5. The molecule has 0 aliphatic rings. The lowest BCUT2D eigenvalue weighted by molar-refractivity contribution is -0.147. The minimum atomic E-state index is -0.145. The van der Waals surface area contributed by atoms with Crippen LogP contribution in [0.2, 0.25) is 0 Å². The van der Waals surface area contributed by atoms with E-state index in [0.29, 0.717) is 13.0 Å². The monoisotopic (exact) mass is 182 g/mol. The van der Waals surface area contributed by atoms with Gasteiger partial charge in [0.2, 0.25) is 0 Å². The van der Waals surface area contributed by atoms with Crippen LogP contribution in [0.4, 0.5) is 0 Å². The lowest BCUT2D eigenvalue weighted by Crippen LogP contribution is -2.14. The second-order valence-corrected chi connectivity index (χ2v) is 3.02. The molecule has 1 unspecified atom stereocenters. The van der Waals surface area contributed by atoms with Crippen LogP contribution in [0.5, 0.6) is 0 Å². The number of allylic oxidation sites excluding steroid dienone is 3. The topological polar surface area (TPSA) is 26.3 Å². The summed E-state index contributed by atoms with van der Waals surface area (Å²) in [5.74, 6) is -0.239. The van der Waals surface area contributed by atoms with Crippen molar-refractivity contribution in [2.24, 2.45) is 5.92 Å². The van der Waals surface area contributed by atoms with Crippen molar-refractivity contribution in [1.82, 2.24) is 0 Å². The Morgan fingerprint density at radius 2 is 2.23 bits per heavy atom. The molecule has 0 saturated carbocycles. The lowest BCUT2D eigenvalue weighted by atomic mass is 10.0. The first-order valence-electron chi connectivity index (χ1n) is 4.58. The fourth-order valence-corrected chi connectivity index (χ4v) is 1.06. The van der Waals surface area contributed by atoms with Gasteiger partial charge in [-0.25, -0.2) is 0 Å². The van der Waals surface area contributed by atoms with Gasteiger partial charge in [0.15, 0.2) is 0 Å². The molecule has 0 aromatic carbocycles. The first-order chi connectivity index (χ1) is 6.11. The molecule has 0 rings (SSSR count). The third-order valence-electron chi connectivity index (χ3n) is 1.66. The van der Waals surface area contributed by atoms with E-state index in [0.717, 1.165) is 5.57 Å². The minimum absolute atomic E-state index is 0.0938. The predicted octanol–water partition coefficient (Wildman–Crippen LogP) is 2.71. The summed E-state index contributed by atoms with van der Waals surface area (Å²) < 4.78 is 4.88. The molecule has 0 fully saturated rings. The summed E-state index contributed by atoms with van der Waals surface area (Å²) in [7, 11) is 0. The van der Waals surface area contributed by atoms with Gasteiger partial charge in [-0.2, -0.15) is 0 Å². The van der Waals surface area contributed by atoms with Gasteiger partial charge in [0.25, 0.3) is 0 Å². The van der Waals surface area contributed by atoms with Crippen LogP contribution in [0.1, 0.15) is 27.2 Å². The van der Waals surface area contributed by atoms with Crippen LogP contribution in [0.25, 0.3) is 0 Å². The van der Waals surface area contributed by atoms with Gasteiger partial charge in [0.1, 0.15) is 0 Å². The Kier molecular flexibility index (Phi) is 5.94. The third-order valence-corrected chi connectivity index (χ3v) is 1.66. The van der Waals surface area contributed by atoms with Crippen LogP contribution in [-0.4, -0.2) is 12.6 Å². The number of carbonyl (C=O) groups excluding carboxylic acids is 1. The number of carbonyl (C=O) groups is 1. The molecule has 2 nitrogen and oxygen atoms in total. The highest BCUT2D eigenvalue weighted by Gasteiger charge is 2.13. The summed E-state index contributed by atoms with van der Waals surface area (Å²) in [4.78, 5) is 11.2. The zero-order chi connectivity index (χ0) is 10.3. The molecule has 1 atom stereocenters. The second-order valence-electron chi connectivity index (χ2n) is 3.02. The molecule has 0 aliphatic carbocycles. The average molecular weight is 182 g/mol. The van der Waals surface area contributed by atoms with E-state index in [1.165, 1.54) is 0 Å². The molecule has 0 amide bonds. The van der Waals surface area contributed by atoms with Gasteiger partial charge < -0.3 is 4.74 Å².